The Morgan fingerprint density at radius 1 is 1.21 bits per heavy atom. The number of fused-ring (bicyclic) bond motifs is 1. The maximum Gasteiger partial charge on any atom is 0.156 e. The lowest BCUT2D eigenvalue weighted by Crippen LogP contribution is -2.35. The van der Waals surface area contributed by atoms with E-state index in [0.29, 0.717) is 5.92 Å². The minimum atomic E-state index is -2.84. The maximum absolute atomic E-state index is 12.1. The zero-order valence-electron chi connectivity index (χ0n) is 9.29. The van der Waals surface area contributed by atoms with Gasteiger partial charge in [0.05, 0.1) is 10.5 Å². The minimum absolute atomic E-state index is 0.0660. The molecule has 0 aromatic rings. The fourth-order valence-corrected chi connectivity index (χ4v) is 6.18. The van der Waals surface area contributed by atoms with Gasteiger partial charge in [0.25, 0.3) is 0 Å². The van der Waals surface area contributed by atoms with Crippen molar-refractivity contribution in [2.75, 3.05) is 0 Å². The molecule has 2 nitrogen and oxygen atoms in total. The molecular formula is C11H20O2S. The summed E-state index contributed by atoms with van der Waals surface area (Å²) < 4.78 is 24.1. The van der Waals surface area contributed by atoms with Gasteiger partial charge in [-0.3, -0.25) is 0 Å². The molecule has 1 aliphatic heterocycles. The lowest BCUT2D eigenvalue weighted by molar-refractivity contribution is 0.133. The highest BCUT2D eigenvalue weighted by atomic mass is 32.2. The molecule has 0 aromatic heterocycles. The Balaban J connectivity index is 2.46. The molecule has 0 radical (unpaired) electrons. The van der Waals surface area contributed by atoms with Crippen LogP contribution in [0.1, 0.15) is 46.5 Å². The van der Waals surface area contributed by atoms with Crippen LogP contribution in [0, 0.1) is 11.3 Å². The van der Waals surface area contributed by atoms with E-state index < -0.39 is 9.84 Å². The van der Waals surface area contributed by atoms with Gasteiger partial charge >= 0.3 is 0 Å². The fourth-order valence-electron chi connectivity index (χ4n) is 3.59. The Labute approximate surface area is 87.0 Å². The van der Waals surface area contributed by atoms with Crippen molar-refractivity contribution >= 4 is 9.84 Å². The summed E-state index contributed by atoms with van der Waals surface area (Å²) in [7, 11) is -2.84. The third-order valence-electron chi connectivity index (χ3n) is 4.83. The van der Waals surface area contributed by atoms with Gasteiger partial charge in [0.15, 0.2) is 9.84 Å². The number of sulfone groups is 1. The highest BCUT2D eigenvalue weighted by molar-refractivity contribution is 7.92. The monoisotopic (exact) mass is 216 g/mol. The summed E-state index contributed by atoms with van der Waals surface area (Å²) in [5.74, 6) is 0.413. The van der Waals surface area contributed by atoms with Crippen molar-refractivity contribution in [2.24, 2.45) is 11.3 Å². The van der Waals surface area contributed by atoms with Crippen LogP contribution >= 0.6 is 0 Å². The highest BCUT2D eigenvalue weighted by Crippen LogP contribution is 2.54. The second-order valence-electron chi connectivity index (χ2n) is 5.29. The largest absolute Gasteiger partial charge is 0.228 e. The van der Waals surface area contributed by atoms with E-state index >= 15 is 0 Å². The predicted molar refractivity (Wildman–Crippen MR) is 57.9 cm³/mol. The first kappa shape index (κ1) is 10.5. The van der Waals surface area contributed by atoms with E-state index in [1.807, 2.05) is 13.8 Å². The minimum Gasteiger partial charge on any atom is -0.228 e. The molecule has 1 saturated carbocycles. The van der Waals surface area contributed by atoms with Crippen molar-refractivity contribution in [3.8, 4) is 0 Å². The Bertz CT molecular complexity index is 333. The summed E-state index contributed by atoms with van der Waals surface area (Å²) >= 11 is 0. The Morgan fingerprint density at radius 3 is 2.43 bits per heavy atom. The molecule has 4 atom stereocenters. The van der Waals surface area contributed by atoms with Crippen LogP contribution in [0.3, 0.4) is 0 Å². The van der Waals surface area contributed by atoms with E-state index in [1.165, 1.54) is 12.8 Å². The third kappa shape index (κ3) is 1.11. The summed E-state index contributed by atoms with van der Waals surface area (Å²) in [6, 6.07) is 0. The van der Waals surface area contributed by atoms with Crippen molar-refractivity contribution in [3.63, 3.8) is 0 Å². The molecule has 0 spiro atoms. The maximum atomic E-state index is 12.1. The van der Waals surface area contributed by atoms with Crippen molar-refractivity contribution in [1.82, 2.24) is 0 Å². The van der Waals surface area contributed by atoms with Gasteiger partial charge in [0.2, 0.25) is 0 Å². The van der Waals surface area contributed by atoms with Gasteiger partial charge in [-0.2, -0.15) is 0 Å². The average molecular weight is 216 g/mol. The molecule has 0 N–H and O–H groups in total. The predicted octanol–water partition coefficient (Wildman–Crippen LogP) is 2.39. The van der Waals surface area contributed by atoms with E-state index in [9.17, 15) is 8.42 Å². The molecular weight excluding hydrogens is 196 g/mol. The third-order valence-corrected chi connectivity index (χ3v) is 7.72. The van der Waals surface area contributed by atoms with Gasteiger partial charge in [-0.15, -0.1) is 0 Å². The fraction of sp³-hybridized carbons (Fsp3) is 1.00. The van der Waals surface area contributed by atoms with E-state index in [-0.39, 0.29) is 15.9 Å². The summed E-state index contributed by atoms with van der Waals surface area (Å²) in [5, 5.41) is -0.238. The summed E-state index contributed by atoms with van der Waals surface area (Å²) in [4.78, 5) is 0. The molecule has 1 saturated heterocycles. The average Bonchev–Trinajstić information content (AvgIpc) is 2.27. The van der Waals surface area contributed by atoms with Gasteiger partial charge in [0, 0.05) is 0 Å². The normalized spacial score (nSPS) is 51.5. The first-order valence-corrected chi connectivity index (χ1v) is 7.24. The lowest BCUT2D eigenvalue weighted by Gasteiger charge is -2.38. The quantitative estimate of drug-likeness (QED) is 0.623. The van der Waals surface area contributed by atoms with Gasteiger partial charge < -0.3 is 0 Å². The Morgan fingerprint density at radius 2 is 1.86 bits per heavy atom. The topological polar surface area (TPSA) is 34.1 Å². The molecule has 1 heterocycles. The van der Waals surface area contributed by atoms with Gasteiger partial charge in [-0.05, 0) is 38.0 Å². The molecule has 1 aliphatic carbocycles. The number of hydrogen-bond acceptors (Lipinski definition) is 2. The molecule has 2 aliphatic rings. The molecule has 0 aromatic carbocycles. The van der Waals surface area contributed by atoms with Crippen LogP contribution in [-0.2, 0) is 9.84 Å². The number of rotatable bonds is 0. The molecule has 0 amide bonds. The second-order valence-corrected chi connectivity index (χ2v) is 7.92. The summed E-state index contributed by atoms with van der Waals surface area (Å²) in [5.41, 5.74) is 0.0660. The van der Waals surface area contributed by atoms with Crippen LogP contribution in [0.2, 0.25) is 0 Å². The van der Waals surface area contributed by atoms with E-state index in [2.05, 4.69) is 6.92 Å². The second kappa shape index (κ2) is 2.97. The van der Waals surface area contributed by atoms with Crippen LogP contribution in [0.4, 0.5) is 0 Å². The van der Waals surface area contributed by atoms with Crippen LogP contribution in [0.25, 0.3) is 0 Å². The molecule has 82 valence electrons. The Hall–Kier alpha value is -0.0500. The van der Waals surface area contributed by atoms with Gasteiger partial charge in [0.1, 0.15) is 0 Å². The van der Waals surface area contributed by atoms with E-state index in [0.717, 1.165) is 12.8 Å². The first-order chi connectivity index (χ1) is 6.40. The molecule has 2 fully saturated rings. The molecule has 4 unspecified atom stereocenters. The highest BCUT2D eigenvalue weighted by Gasteiger charge is 2.57. The van der Waals surface area contributed by atoms with Crippen LogP contribution in [0.5, 0.6) is 0 Å². The smallest absolute Gasteiger partial charge is 0.156 e. The van der Waals surface area contributed by atoms with Crippen molar-refractivity contribution < 1.29 is 8.42 Å². The number of hydrogen-bond donors (Lipinski definition) is 0. The molecule has 3 heteroatoms. The van der Waals surface area contributed by atoms with Crippen LogP contribution in [0.15, 0.2) is 0 Å². The zero-order chi connectivity index (χ0) is 10.6. The summed E-state index contributed by atoms with van der Waals surface area (Å²) in [6.07, 6.45) is 4.63. The molecule has 0 bridgehead atoms. The van der Waals surface area contributed by atoms with E-state index in [1.54, 1.807) is 0 Å². The van der Waals surface area contributed by atoms with Gasteiger partial charge in [-0.25, -0.2) is 8.42 Å². The first-order valence-electron chi connectivity index (χ1n) is 5.63. The summed E-state index contributed by atoms with van der Waals surface area (Å²) in [6.45, 7) is 6.01. The van der Waals surface area contributed by atoms with Crippen molar-refractivity contribution in [1.29, 1.82) is 0 Å². The zero-order valence-corrected chi connectivity index (χ0v) is 10.1. The van der Waals surface area contributed by atoms with E-state index in [4.69, 9.17) is 0 Å². The van der Waals surface area contributed by atoms with Crippen LogP contribution in [-0.4, -0.2) is 18.9 Å². The molecule has 14 heavy (non-hydrogen) atoms. The SMILES string of the molecule is CC1C2CCCCC2(C)C(C)S1(=O)=O. The lowest BCUT2D eigenvalue weighted by atomic mass is 9.65. The van der Waals surface area contributed by atoms with Crippen molar-refractivity contribution in [3.05, 3.63) is 0 Å². The van der Waals surface area contributed by atoms with Gasteiger partial charge in [-0.1, -0.05) is 19.8 Å². The van der Waals surface area contributed by atoms with Crippen LogP contribution < -0.4 is 0 Å². The molecule has 2 rings (SSSR count). The van der Waals surface area contributed by atoms with Crippen molar-refractivity contribution in [2.45, 2.75) is 57.0 Å². The standard InChI is InChI=1S/C11H20O2S/c1-8-10-6-4-5-7-11(10,3)9(2)14(8,12)13/h8-10H,4-7H2,1-3H3. The Kier molecular flexibility index (Phi) is 2.22.